The molecule has 1 aromatic rings. The lowest BCUT2D eigenvalue weighted by atomic mass is 10.1. The van der Waals surface area contributed by atoms with Crippen LogP contribution in [0.15, 0.2) is 66.1 Å². The first kappa shape index (κ1) is 12.1. The maximum atomic E-state index is 11.3. The second-order valence-electron chi connectivity index (χ2n) is 3.72. The number of nitrogens with zero attached hydrogens (tertiary/aromatic N) is 1. The number of methoxy groups -OCH3 is 1. The van der Waals surface area contributed by atoms with Crippen LogP contribution in [0.25, 0.3) is 0 Å². The molecule has 2 rings (SSSR count). The number of ether oxygens (including phenoxy) is 1. The van der Waals surface area contributed by atoms with Gasteiger partial charge in [-0.25, -0.2) is 5.06 Å². The van der Waals surface area contributed by atoms with Crippen molar-refractivity contribution in [1.82, 2.24) is 0 Å². The Hall–Kier alpha value is -2.33. The van der Waals surface area contributed by atoms with E-state index in [1.807, 2.05) is 18.2 Å². The van der Waals surface area contributed by atoms with Crippen molar-refractivity contribution in [3.63, 3.8) is 0 Å². The quantitative estimate of drug-likeness (QED) is 0.828. The monoisotopic (exact) mass is 243 g/mol. The number of hydrogen-bond acceptors (Lipinski definition) is 4. The molecule has 0 amide bonds. The Bertz CT molecular complexity index is 529. The number of carbonyl (C=O) groups is 1. The molecule has 4 nitrogen and oxygen atoms in total. The molecule has 0 atom stereocenters. The first-order valence-corrected chi connectivity index (χ1v) is 5.44. The van der Waals surface area contributed by atoms with Crippen LogP contribution in [0.2, 0.25) is 0 Å². The minimum atomic E-state index is -0.182. The highest BCUT2D eigenvalue weighted by Crippen LogP contribution is 2.17. The third kappa shape index (κ3) is 2.67. The van der Waals surface area contributed by atoms with E-state index in [-0.39, 0.29) is 11.5 Å². The molecule has 0 saturated carbocycles. The highest BCUT2D eigenvalue weighted by Gasteiger charge is 2.12. The summed E-state index contributed by atoms with van der Waals surface area (Å²) in [6.45, 7) is 0. The summed E-state index contributed by atoms with van der Waals surface area (Å²) in [6, 6.07) is 9.07. The standard InChI is InChI=1S/C14H13NO3/c1-18-14-9-11(7-8-13(14)16)10-15(17)12-5-3-2-4-6-12/h2-10,17H,1H3/b11-10-. The predicted molar refractivity (Wildman–Crippen MR) is 68.0 cm³/mol. The van der Waals surface area contributed by atoms with E-state index in [9.17, 15) is 10.0 Å². The molecular weight excluding hydrogens is 230 g/mol. The fourth-order valence-electron chi connectivity index (χ4n) is 1.56. The summed E-state index contributed by atoms with van der Waals surface area (Å²) in [7, 11) is 1.44. The van der Waals surface area contributed by atoms with Crippen LogP contribution in [0, 0.1) is 0 Å². The Labute approximate surface area is 105 Å². The summed E-state index contributed by atoms with van der Waals surface area (Å²) in [5, 5.41) is 10.9. The number of anilines is 1. The molecule has 0 aliphatic heterocycles. The number of hydroxylamine groups is 1. The van der Waals surface area contributed by atoms with E-state index in [1.54, 1.807) is 24.3 Å². The average molecular weight is 243 g/mol. The fourth-order valence-corrected chi connectivity index (χ4v) is 1.56. The highest BCUT2D eigenvalue weighted by atomic mass is 16.5. The Morgan fingerprint density at radius 3 is 2.61 bits per heavy atom. The van der Waals surface area contributed by atoms with Crippen molar-refractivity contribution in [3.8, 4) is 0 Å². The largest absolute Gasteiger partial charge is 0.493 e. The lowest BCUT2D eigenvalue weighted by Gasteiger charge is -2.14. The number of hydrogen-bond donors (Lipinski definition) is 1. The maximum Gasteiger partial charge on any atom is 0.220 e. The molecule has 1 aromatic carbocycles. The lowest BCUT2D eigenvalue weighted by Crippen LogP contribution is -2.11. The van der Waals surface area contributed by atoms with Crippen LogP contribution in [0.1, 0.15) is 0 Å². The van der Waals surface area contributed by atoms with Gasteiger partial charge < -0.3 is 4.74 Å². The second-order valence-corrected chi connectivity index (χ2v) is 3.72. The number of allylic oxidation sites excluding steroid dienone is 4. The molecule has 1 aliphatic rings. The van der Waals surface area contributed by atoms with Crippen LogP contribution >= 0.6 is 0 Å². The van der Waals surface area contributed by atoms with Crippen molar-refractivity contribution in [3.05, 3.63) is 66.1 Å². The van der Waals surface area contributed by atoms with Gasteiger partial charge in [0.15, 0.2) is 5.76 Å². The molecule has 1 N–H and O–H groups in total. The smallest absolute Gasteiger partial charge is 0.220 e. The molecule has 4 heteroatoms. The molecule has 0 fully saturated rings. The van der Waals surface area contributed by atoms with Gasteiger partial charge in [-0.05, 0) is 35.9 Å². The number of benzene rings is 1. The van der Waals surface area contributed by atoms with E-state index < -0.39 is 0 Å². The van der Waals surface area contributed by atoms with Gasteiger partial charge in [-0.2, -0.15) is 0 Å². The van der Waals surface area contributed by atoms with E-state index in [0.29, 0.717) is 11.3 Å². The van der Waals surface area contributed by atoms with Gasteiger partial charge in [0.2, 0.25) is 5.78 Å². The van der Waals surface area contributed by atoms with Gasteiger partial charge in [-0.15, -0.1) is 0 Å². The van der Waals surface area contributed by atoms with Crippen molar-refractivity contribution >= 4 is 11.5 Å². The lowest BCUT2D eigenvalue weighted by molar-refractivity contribution is -0.114. The van der Waals surface area contributed by atoms with Crippen molar-refractivity contribution in [2.24, 2.45) is 0 Å². The molecule has 0 bridgehead atoms. The normalized spacial score (nSPS) is 16.7. The molecule has 0 radical (unpaired) electrons. The number of ketones is 1. The molecule has 0 unspecified atom stereocenters. The van der Waals surface area contributed by atoms with Gasteiger partial charge in [-0.3, -0.25) is 10.0 Å². The summed E-state index contributed by atoms with van der Waals surface area (Å²) in [6.07, 6.45) is 6.12. The summed E-state index contributed by atoms with van der Waals surface area (Å²) < 4.78 is 4.94. The maximum absolute atomic E-state index is 11.3. The van der Waals surface area contributed by atoms with E-state index in [1.165, 1.54) is 19.4 Å². The number of para-hydroxylation sites is 1. The fraction of sp³-hybridized carbons (Fsp3) is 0.0714. The molecule has 92 valence electrons. The third-order valence-electron chi connectivity index (χ3n) is 2.48. The number of rotatable bonds is 3. The Morgan fingerprint density at radius 2 is 1.94 bits per heavy atom. The van der Waals surface area contributed by atoms with Crippen LogP contribution in [-0.2, 0) is 9.53 Å². The van der Waals surface area contributed by atoms with Crippen molar-refractivity contribution in [1.29, 1.82) is 0 Å². The minimum Gasteiger partial charge on any atom is -0.493 e. The Morgan fingerprint density at radius 1 is 1.22 bits per heavy atom. The van der Waals surface area contributed by atoms with Gasteiger partial charge in [0.1, 0.15) is 0 Å². The average Bonchev–Trinajstić information content (AvgIpc) is 2.42. The van der Waals surface area contributed by atoms with Crippen molar-refractivity contribution < 1.29 is 14.7 Å². The molecule has 18 heavy (non-hydrogen) atoms. The zero-order chi connectivity index (χ0) is 13.0. The summed E-state index contributed by atoms with van der Waals surface area (Å²) in [4.78, 5) is 11.3. The Balaban J connectivity index is 2.22. The summed E-state index contributed by atoms with van der Waals surface area (Å²) in [5.74, 6) is 0.0732. The molecular formula is C14H13NO3. The van der Waals surface area contributed by atoms with Crippen molar-refractivity contribution in [2.45, 2.75) is 0 Å². The topological polar surface area (TPSA) is 49.8 Å². The first-order chi connectivity index (χ1) is 8.70. The Kier molecular flexibility index (Phi) is 3.60. The molecule has 0 spiro atoms. The van der Waals surface area contributed by atoms with Gasteiger partial charge in [0, 0.05) is 6.20 Å². The van der Waals surface area contributed by atoms with Crippen molar-refractivity contribution in [2.75, 3.05) is 12.2 Å². The van der Waals surface area contributed by atoms with Crippen LogP contribution in [-0.4, -0.2) is 18.1 Å². The van der Waals surface area contributed by atoms with E-state index >= 15 is 0 Å². The molecule has 0 aromatic heterocycles. The van der Waals surface area contributed by atoms with Crippen LogP contribution in [0.4, 0.5) is 5.69 Å². The predicted octanol–water partition coefficient (Wildman–Crippen LogP) is 2.44. The van der Waals surface area contributed by atoms with Gasteiger partial charge in [-0.1, -0.05) is 18.2 Å². The SMILES string of the molecule is COC1=C/C(=C\N(O)c2ccccc2)C=CC1=O. The van der Waals surface area contributed by atoms with Gasteiger partial charge in [0.05, 0.1) is 12.8 Å². The van der Waals surface area contributed by atoms with Gasteiger partial charge >= 0.3 is 0 Å². The third-order valence-corrected chi connectivity index (χ3v) is 2.48. The molecule has 0 saturated heterocycles. The van der Waals surface area contributed by atoms with Gasteiger partial charge in [0.25, 0.3) is 0 Å². The van der Waals surface area contributed by atoms with Crippen LogP contribution in [0.5, 0.6) is 0 Å². The summed E-state index contributed by atoms with van der Waals surface area (Å²) >= 11 is 0. The van der Waals surface area contributed by atoms with E-state index in [2.05, 4.69) is 0 Å². The zero-order valence-corrected chi connectivity index (χ0v) is 9.91. The zero-order valence-electron chi connectivity index (χ0n) is 9.91. The molecule has 1 aliphatic carbocycles. The van der Waals surface area contributed by atoms with Crippen LogP contribution < -0.4 is 5.06 Å². The minimum absolute atomic E-state index is 0.182. The summed E-state index contributed by atoms with van der Waals surface area (Å²) in [5.41, 5.74) is 1.32. The second kappa shape index (κ2) is 5.33. The first-order valence-electron chi connectivity index (χ1n) is 5.44. The number of carbonyl (C=O) groups excluding carboxylic acids is 1. The van der Waals surface area contributed by atoms with E-state index in [0.717, 1.165) is 5.06 Å². The van der Waals surface area contributed by atoms with E-state index in [4.69, 9.17) is 4.74 Å². The molecule has 0 heterocycles. The van der Waals surface area contributed by atoms with Crippen LogP contribution in [0.3, 0.4) is 0 Å². The highest BCUT2D eigenvalue weighted by molar-refractivity contribution is 6.04.